The first kappa shape index (κ1) is 19.0. The number of carbonyl (C=O) groups is 1. The van der Waals surface area contributed by atoms with Crippen molar-refractivity contribution in [3.8, 4) is 5.75 Å². The van der Waals surface area contributed by atoms with Crippen LogP contribution in [0.3, 0.4) is 0 Å². The number of amides is 1. The first-order valence-electron chi connectivity index (χ1n) is 7.79. The standard InChI is InChI=1S/C18H22N2O4S/c1-13-6-4-5-7-15(13)11-19-18(21)12-20-25(22,23)17-9-8-16(24-3)10-14(17)2/h4-10,20H,11-12H2,1-3H3,(H,19,21). The van der Waals surface area contributed by atoms with E-state index in [0.717, 1.165) is 11.1 Å². The van der Waals surface area contributed by atoms with Crippen LogP contribution in [-0.2, 0) is 21.4 Å². The Morgan fingerprint density at radius 1 is 1.08 bits per heavy atom. The molecule has 2 aromatic carbocycles. The molecule has 0 aliphatic carbocycles. The number of ether oxygens (including phenoxy) is 1. The summed E-state index contributed by atoms with van der Waals surface area (Å²) >= 11 is 0. The van der Waals surface area contributed by atoms with E-state index in [4.69, 9.17) is 4.74 Å². The summed E-state index contributed by atoms with van der Waals surface area (Å²) in [5.41, 5.74) is 2.61. The molecule has 0 aromatic heterocycles. The number of hydrogen-bond donors (Lipinski definition) is 2. The maximum atomic E-state index is 12.4. The topological polar surface area (TPSA) is 84.5 Å². The number of benzene rings is 2. The molecular weight excluding hydrogens is 340 g/mol. The van der Waals surface area contributed by atoms with E-state index in [-0.39, 0.29) is 11.4 Å². The van der Waals surface area contributed by atoms with Gasteiger partial charge in [0.15, 0.2) is 0 Å². The minimum absolute atomic E-state index is 0.125. The van der Waals surface area contributed by atoms with E-state index < -0.39 is 15.9 Å². The highest BCUT2D eigenvalue weighted by molar-refractivity contribution is 7.89. The second-order valence-corrected chi connectivity index (χ2v) is 7.39. The number of sulfonamides is 1. The number of carbonyl (C=O) groups excluding carboxylic acids is 1. The van der Waals surface area contributed by atoms with Crippen LogP contribution in [0.4, 0.5) is 0 Å². The summed E-state index contributed by atoms with van der Waals surface area (Å²) in [5.74, 6) is 0.186. The van der Waals surface area contributed by atoms with E-state index in [1.807, 2.05) is 31.2 Å². The average Bonchev–Trinajstić information content (AvgIpc) is 2.59. The smallest absolute Gasteiger partial charge is 0.241 e. The molecule has 2 aromatic rings. The molecule has 1 amide bonds. The van der Waals surface area contributed by atoms with Gasteiger partial charge in [0.1, 0.15) is 5.75 Å². The molecule has 0 aliphatic heterocycles. The Labute approximate surface area is 148 Å². The van der Waals surface area contributed by atoms with Gasteiger partial charge in [-0.2, -0.15) is 0 Å². The van der Waals surface area contributed by atoms with Gasteiger partial charge < -0.3 is 10.1 Å². The highest BCUT2D eigenvalue weighted by Gasteiger charge is 2.18. The van der Waals surface area contributed by atoms with Crippen molar-refractivity contribution < 1.29 is 17.9 Å². The Morgan fingerprint density at radius 2 is 1.80 bits per heavy atom. The summed E-state index contributed by atoms with van der Waals surface area (Å²) in [6.07, 6.45) is 0. The van der Waals surface area contributed by atoms with Gasteiger partial charge >= 0.3 is 0 Å². The molecule has 0 fully saturated rings. The Bertz CT molecular complexity index is 863. The van der Waals surface area contributed by atoms with Gasteiger partial charge in [-0.05, 0) is 48.7 Å². The van der Waals surface area contributed by atoms with Gasteiger partial charge in [-0.3, -0.25) is 4.79 Å². The van der Waals surface area contributed by atoms with Crippen molar-refractivity contribution in [2.75, 3.05) is 13.7 Å². The van der Waals surface area contributed by atoms with Crippen LogP contribution in [0.5, 0.6) is 5.75 Å². The Hall–Kier alpha value is -2.38. The van der Waals surface area contributed by atoms with Gasteiger partial charge in [-0.25, -0.2) is 13.1 Å². The number of aryl methyl sites for hydroxylation is 2. The fourth-order valence-electron chi connectivity index (χ4n) is 2.35. The monoisotopic (exact) mass is 362 g/mol. The van der Waals surface area contributed by atoms with E-state index >= 15 is 0 Å². The minimum atomic E-state index is -3.77. The minimum Gasteiger partial charge on any atom is -0.497 e. The summed E-state index contributed by atoms with van der Waals surface area (Å²) in [5, 5.41) is 2.71. The fraction of sp³-hybridized carbons (Fsp3) is 0.278. The largest absolute Gasteiger partial charge is 0.497 e. The maximum absolute atomic E-state index is 12.4. The second-order valence-electron chi connectivity index (χ2n) is 5.66. The highest BCUT2D eigenvalue weighted by atomic mass is 32.2. The molecule has 0 radical (unpaired) electrons. The summed E-state index contributed by atoms with van der Waals surface area (Å²) in [7, 11) is -2.25. The summed E-state index contributed by atoms with van der Waals surface area (Å²) < 4.78 is 32.1. The summed E-state index contributed by atoms with van der Waals surface area (Å²) in [6, 6.07) is 12.3. The maximum Gasteiger partial charge on any atom is 0.241 e. The van der Waals surface area contributed by atoms with Crippen molar-refractivity contribution in [2.45, 2.75) is 25.3 Å². The van der Waals surface area contributed by atoms with Crippen molar-refractivity contribution in [2.24, 2.45) is 0 Å². The lowest BCUT2D eigenvalue weighted by Gasteiger charge is -2.11. The van der Waals surface area contributed by atoms with Crippen LogP contribution in [0.25, 0.3) is 0 Å². The van der Waals surface area contributed by atoms with Crippen LogP contribution in [0.15, 0.2) is 47.4 Å². The molecule has 2 rings (SSSR count). The molecule has 0 unspecified atom stereocenters. The number of nitrogens with one attached hydrogen (secondary N) is 2. The molecule has 0 saturated heterocycles. The molecule has 7 heteroatoms. The molecular formula is C18H22N2O4S. The summed E-state index contributed by atoms with van der Waals surface area (Å²) in [4.78, 5) is 12.1. The zero-order valence-corrected chi connectivity index (χ0v) is 15.3. The van der Waals surface area contributed by atoms with Crippen molar-refractivity contribution in [3.05, 3.63) is 59.2 Å². The zero-order chi connectivity index (χ0) is 18.4. The van der Waals surface area contributed by atoms with Gasteiger partial charge in [-0.15, -0.1) is 0 Å². The fourth-order valence-corrected chi connectivity index (χ4v) is 3.56. The van der Waals surface area contributed by atoms with E-state index in [1.165, 1.54) is 13.2 Å². The predicted molar refractivity (Wildman–Crippen MR) is 95.9 cm³/mol. The molecule has 2 N–H and O–H groups in total. The van der Waals surface area contributed by atoms with Gasteiger partial charge in [0, 0.05) is 6.54 Å². The Balaban J connectivity index is 1.95. The zero-order valence-electron chi connectivity index (χ0n) is 14.5. The van der Waals surface area contributed by atoms with Crippen molar-refractivity contribution in [1.29, 1.82) is 0 Å². The van der Waals surface area contributed by atoms with Crippen molar-refractivity contribution >= 4 is 15.9 Å². The highest BCUT2D eigenvalue weighted by Crippen LogP contribution is 2.20. The van der Waals surface area contributed by atoms with Gasteiger partial charge in [0.25, 0.3) is 0 Å². The first-order valence-corrected chi connectivity index (χ1v) is 9.27. The molecule has 0 aliphatic rings. The third-order valence-electron chi connectivity index (χ3n) is 3.83. The molecule has 0 bridgehead atoms. The van der Waals surface area contributed by atoms with Crippen LogP contribution >= 0.6 is 0 Å². The molecule has 6 nitrogen and oxygen atoms in total. The molecule has 0 atom stereocenters. The van der Waals surface area contributed by atoms with Crippen molar-refractivity contribution in [1.82, 2.24) is 10.0 Å². The lowest BCUT2D eigenvalue weighted by Crippen LogP contribution is -2.36. The third kappa shape index (κ3) is 5.04. The lowest BCUT2D eigenvalue weighted by molar-refractivity contribution is -0.120. The number of methoxy groups -OCH3 is 1. The van der Waals surface area contributed by atoms with E-state index in [9.17, 15) is 13.2 Å². The molecule has 0 saturated carbocycles. The Kier molecular flexibility index (Phi) is 6.17. The SMILES string of the molecule is COc1ccc(S(=O)(=O)NCC(=O)NCc2ccccc2C)c(C)c1. The normalized spacial score (nSPS) is 11.2. The Morgan fingerprint density at radius 3 is 2.44 bits per heavy atom. The molecule has 25 heavy (non-hydrogen) atoms. The van der Waals surface area contributed by atoms with E-state index in [0.29, 0.717) is 17.9 Å². The third-order valence-corrected chi connectivity index (χ3v) is 5.39. The first-order chi connectivity index (χ1) is 11.8. The van der Waals surface area contributed by atoms with Crippen LogP contribution in [0, 0.1) is 13.8 Å². The number of hydrogen-bond acceptors (Lipinski definition) is 4. The van der Waals surface area contributed by atoms with Gasteiger partial charge in [0.05, 0.1) is 18.6 Å². The van der Waals surface area contributed by atoms with Gasteiger partial charge in [0.2, 0.25) is 15.9 Å². The lowest BCUT2D eigenvalue weighted by atomic mass is 10.1. The predicted octanol–water partition coefficient (Wildman–Crippen LogP) is 1.91. The second kappa shape index (κ2) is 8.13. The van der Waals surface area contributed by atoms with Crippen LogP contribution < -0.4 is 14.8 Å². The van der Waals surface area contributed by atoms with Crippen molar-refractivity contribution in [3.63, 3.8) is 0 Å². The molecule has 0 spiro atoms. The van der Waals surface area contributed by atoms with Crippen LogP contribution in [0.2, 0.25) is 0 Å². The van der Waals surface area contributed by atoms with Gasteiger partial charge in [-0.1, -0.05) is 24.3 Å². The molecule has 0 heterocycles. The van der Waals surface area contributed by atoms with E-state index in [2.05, 4.69) is 10.0 Å². The van der Waals surface area contributed by atoms with Crippen LogP contribution in [-0.4, -0.2) is 28.0 Å². The van der Waals surface area contributed by atoms with Crippen LogP contribution in [0.1, 0.15) is 16.7 Å². The average molecular weight is 362 g/mol. The summed E-state index contributed by atoms with van der Waals surface area (Å²) in [6.45, 7) is 3.67. The van der Waals surface area contributed by atoms with E-state index in [1.54, 1.807) is 19.1 Å². The quantitative estimate of drug-likeness (QED) is 0.788. The number of rotatable bonds is 7. The molecule has 134 valence electrons.